The van der Waals surface area contributed by atoms with E-state index in [4.69, 9.17) is 4.74 Å². The Balaban J connectivity index is 2.22. The molecule has 94 valence electrons. The van der Waals surface area contributed by atoms with Crippen molar-refractivity contribution in [1.82, 2.24) is 19.7 Å². The number of aryl methyl sites for hydroxylation is 1. The Hall–Kier alpha value is -2.24. The van der Waals surface area contributed by atoms with Crippen LogP contribution in [0.15, 0.2) is 24.8 Å². The van der Waals surface area contributed by atoms with Crippen LogP contribution in [-0.2, 0) is 13.0 Å². The summed E-state index contributed by atoms with van der Waals surface area (Å²) in [4.78, 5) is 20.2. The van der Waals surface area contributed by atoms with Crippen LogP contribution in [0, 0.1) is 0 Å². The Morgan fingerprint density at radius 1 is 1.50 bits per heavy atom. The summed E-state index contributed by atoms with van der Waals surface area (Å²) in [5, 5.41) is 4.03. The lowest BCUT2D eigenvalue weighted by molar-refractivity contribution is 0.0986. The third-order valence-electron chi connectivity index (χ3n) is 2.62. The minimum Gasteiger partial charge on any atom is -0.494 e. The number of hydrogen-bond donors (Lipinski definition) is 0. The Bertz CT molecular complexity index is 551. The van der Waals surface area contributed by atoms with Gasteiger partial charge >= 0.3 is 0 Å². The molecule has 0 aliphatic rings. The molecule has 0 spiro atoms. The molecule has 2 rings (SSSR count). The van der Waals surface area contributed by atoms with E-state index in [9.17, 15) is 4.79 Å². The van der Waals surface area contributed by atoms with Gasteiger partial charge in [0.15, 0.2) is 5.78 Å². The third-order valence-corrected chi connectivity index (χ3v) is 2.62. The molecule has 2 aromatic rings. The minimum absolute atomic E-state index is 0.0584. The lowest BCUT2D eigenvalue weighted by Gasteiger charge is -2.06. The van der Waals surface area contributed by atoms with Gasteiger partial charge in [0.2, 0.25) is 0 Å². The number of ether oxygens (including phenoxy) is 1. The van der Waals surface area contributed by atoms with E-state index in [2.05, 4.69) is 15.1 Å². The summed E-state index contributed by atoms with van der Waals surface area (Å²) in [5.41, 5.74) is 0.512. The molecule has 0 N–H and O–H groups in total. The fourth-order valence-electron chi connectivity index (χ4n) is 1.70. The van der Waals surface area contributed by atoms with Crippen LogP contribution in [0.2, 0.25) is 0 Å². The molecule has 0 fully saturated rings. The molecule has 0 saturated carbocycles. The quantitative estimate of drug-likeness (QED) is 0.739. The van der Waals surface area contributed by atoms with Gasteiger partial charge in [-0.3, -0.25) is 9.78 Å². The second kappa shape index (κ2) is 5.39. The number of aromatic nitrogens is 4. The van der Waals surface area contributed by atoms with Crippen LogP contribution in [0.25, 0.3) is 0 Å². The van der Waals surface area contributed by atoms with E-state index >= 15 is 0 Å². The first-order valence-electron chi connectivity index (χ1n) is 5.64. The molecule has 2 aromatic heterocycles. The highest BCUT2D eigenvalue weighted by atomic mass is 16.5. The molecule has 6 nitrogen and oxygen atoms in total. The Kier molecular flexibility index (Phi) is 3.66. The number of hydrogen-bond acceptors (Lipinski definition) is 5. The molecule has 18 heavy (non-hydrogen) atoms. The molecule has 0 amide bonds. The van der Waals surface area contributed by atoms with Crippen molar-refractivity contribution in [3.63, 3.8) is 0 Å². The van der Waals surface area contributed by atoms with Crippen LogP contribution in [0.5, 0.6) is 5.75 Å². The lowest BCUT2D eigenvalue weighted by atomic mass is 10.1. The van der Waals surface area contributed by atoms with E-state index in [-0.39, 0.29) is 12.2 Å². The zero-order chi connectivity index (χ0) is 13.0. The van der Waals surface area contributed by atoms with Crippen molar-refractivity contribution in [3.8, 4) is 5.75 Å². The van der Waals surface area contributed by atoms with Crippen LogP contribution in [0.3, 0.4) is 0 Å². The first kappa shape index (κ1) is 12.2. The van der Waals surface area contributed by atoms with Gasteiger partial charge in [-0.25, -0.2) is 9.67 Å². The first-order valence-corrected chi connectivity index (χ1v) is 5.64. The summed E-state index contributed by atoms with van der Waals surface area (Å²) >= 11 is 0. The fourth-order valence-corrected chi connectivity index (χ4v) is 1.70. The zero-order valence-electron chi connectivity index (χ0n) is 10.3. The SMILES string of the molecule is CCn1ncnc1CC(=O)c1ccncc1OC. The van der Waals surface area contributed by atoms with E-state index in [1.165, 1.54) is 19.6 Å². The van der Waals surface area contributed by atoms with E-state index in [1.807, 2.05) is 6.92 Å². The van der Waals surface area contributed by atoms with Crippen LogP contribution >= 0.6 is 0 Å². The maximum Gasteiger partial charge on any atom is 0.174 e. The smallest absolute Gasteiger partial charge is 0.174 e. The highest BCUT2D eigenvalue weighted by Gasteiger charge is 2.15. The van der Waals surface area contributed by atoms with Gasteiger partial charge in [0, 0.05) is 12.7 Å². The normalized spacial score (nSPS) is 10.3. The predicted molar refractivity (Wildman–Crippen MR) is 64.5 cm³/mol. The molecule has 0 bridgehead atoms. The molecule has 6 heteroatoms. The molecule has 0 unspecified atom stereocenters. The van der Waals surface area contributed by atoms with Crippen LogP contribution < -0.4 is 4.74 Å². The van der Waals surface area contributed by atoms with Gasteiger partial charge < -0.3 is 4.74 Å². The van der Waals surface area contributed by atoms with E-state index in [0.29, 0.717) is 23.7 Å². The molecular formula is C12H14N4O2. The van der Waals surface area contributed by atoms with E-state index < -0.39 is 0 Å². The zero-order valence-corrected chi connectivity index (χ0v) is 10.3. The number of ketones is 1. The average Bonchev–Trinajstić information content (AvgIpc) is 2.85. The largest absolute Gasteiger partial charge is 0.494 e. The lowest BCUT2D eigenvalue weighted by Crippen LogP contribution is -2.11. The Morgan fingerprint density at radius 2 is 2.33 bits per heavy atom. The molecule has 0 aromatic carbocycles. The highest BCUT2D eigenvalue weighted by Crippen LogP contribution is 2.17. The molecule has 2 heterocycles. The molecular weight excluding hydrogens is 232 g/mol. The summed E-state index contributed by atoms with van der Waals surface area (Å²) in [7, 11) is 1.52. The predicted octanol–water partition coefficient (Wildman–Crippen LogP) is 1.13. The number of nitrogens with zero attached hydrogens (tertiary/aromatic N) is 4. The summed E-state index contributed by atoms with van der Waals surface area (Å²) in [6.07, 6.45) is 4.75. The topological polar surface area (TPSA) is 69.9 Å². The van der Waals surface area contributed by atoms with Crippen molar-refractivity contribution in [2.75, 3.05) is 7.11 Å². The number of pyridine rings is 1. The summed E-state index contributed by atoms with van der Waals surface area (Å²) in [5.74, 6) is 1.07. The highest BCUT2D eigenvalue weighted by molar-refractivity contribution is 5.99. The van der Waals surface area contributed by atoms with Crippen LogP contribution in [-0.4, -0.2) is 32.6 Å². The summed E-state index contributed by atoms with van der Waals surface area (Å²) < 4.78 is 6.82. The number of Topliss-reactive ketones (excluding diaryl/α,β-unsaturated/α-hetero) is 1. The van der Waals surface area contributed by atoms with Gasteiger partial charge in [0.05, 0.1) is 25.3 Å². The van der Waals surface area contributed by atoms with Gasteiger partial charge in [0.25, 0.3) is 0 Å². The summed E-state index contributed by atoms with van der Waals surface area (Å²) in [6.45, 7) is 2.64. The van der Waals surface area contributed by atoms with Crippen molar-refractivity contribution in [1.29, 1.82) is 0 Å². The first-order chi connectivity index (χ1) is 8.76. The molecule has 0 aliphatic heterocycles. The average molecular weight is 246 g/mol. The number of carbonyl (C=O) groups is 1. The van der Waals surface area contributed by atoms with E-state index in [1.54, 1.807) is 16.9 Å². The molecule has 0 aliphatic carbocycles. The van der Waals surface area contributed by atoms with E-state index in [0.717, 1.165) is 0 Å². The Labute approximate surface area is 105 Å². The van der Waals surface area contributed by atoms with Crippen molar-refractivity contribution in [2.45, 2.75) is 19.9 Å². The van der Waals surface area contributed by atoms with Crippen molar-refractivity contribution >= 4 is 5.78 Å². The van der Waals surface area contributed by atoms with Gasteiger partial charge in [-0.05, 0) is 13.0 Å². The van der Waals surface area contributed by atoms with Gasteiger partial charge in [-0.1, -0.05) is 0 Å². The molecule has 0 atom stereocenters. The number of rotatable bonds is 5. The maximum atomic E-state index is 12.2. The van der Waals surface area contributed by atoms with Gasteiger partial charge in [0.1, 0.15) is 17.9 Å². The third kappa shape index (κ3) is 2.37. The summed E-state index contributed by atoms with van der Waals surface area (Å²) in [6, 6.07) is 1.65. The number of methoxy groups -OCH3 is 1. The molecule has 0 radical (unpaired) electrons. The Morgan fingerprint density at radius 3 is 3.06 bits per heavy atom. The second-order valence-corrected chi connectivity index (χ2v) is 3.67. The van der Waals surface area contributed by atoms with Gasteiger partial charge in [-0.2, -0.15) is 5.10 Å². The molecule has 0 saturated heterocycles. The second-order valence-electron chi connectivity index (χ2n) is 3.67. The van der Waals surface area contributed by atoms with Crippen LogP contribution in [0.1, 0.15) is 23.1 Å². The van der Waals surface area contributed by atoms with Crippen molar-refractivity contribution in [2.24, 2.45) is 0 Å². The van der Waals surface area contributed by atoms with Crippen molar-refractivity contribution < 1.29 is 9.53 Å². The standard InChI is InChI=1S/C12H14N4O2/c1-3-16-12(14-8-15-16)6-10(17)9-4-5-13-7-11(9)18-2/h4-5,7-8H,3,6H2,1-2H3. The minimum atomic E-state index is -0.0584. The van der Waals surface area contributed by atoms with Gasteiger partial charge in [-0.15, -0.1) is 0 Å². The van der Waals surface area contributed by atoms with Crippen molar-refractivity contribution in [3.05, 3.63) is 36.2 Å². The maximum absolute atomic E-state index is 12.2. The van der Waals surface area contributed by atoms with Crippen LogP contribution in [0.4, 0.5) is 0 Å². The number of carbonyl (C=O) groups excluding carboxylic acids is 1. The fraction of sp³-hybridized carbons (Fsp3) is 0.333. The monoisotopic (exact) mass is 246 g/mol.